The zero-order valence-electron chi connectivity index (χ0n) is 26.8. The van der Waals surface area contributed by atoms with Crippen molar-refractivity contribution in [3.63, 3.8) is 0 Å². The van der Waals surface area contributed by atoms with Crippen molar-refractivity contribution in [3.05, 3.63) is 41.0 Å². The molecule has 1 saturated heterocycles. The molecule has 43 heavy (non-hydrogen) atoms. The van der Waals surface area contributed by atoms with Crippen molar-refractivity contribution < 1.29 is 14.4 Å². The molecule has 2 N–H and O–H groups in total. The van der Waals surface area contributed by atoms with Gasteiger partial charge in [-0.05, 0) is 43.2 Å². The van der Waals surface area contributed by atoms with Crippen LogP contribution < -0.4 is 10.6 Å². The van der Waals surface area contributed by atoms with E-state index in [4.69, 9.17) is 0 Å². The Bertz CT molecular complexity index is 1210. The van der Waals surface area contributed by atoms with Crippen LogP contribution in [0.5, 0.6) is 0 Å². The molecule has 9 heteroatoms. The van der Waals surface area contributed by atoms with Gasteiger partial charge in [-0.25, -0.2) is 4.98 Å². The summed E-state index contributed by atoms with van der Waals surface area (Å²) in [5.74, 6) is -0.232. The fraction of sp³-hybridized carbons (Fsp3) is 0.647. The number of hydrogen-bond acceptors (Lipinski definition) is 5. The maximum Gasteiger partial charge on any atom is 0.246 e. The molecule has 0 bridgehead atoms. The summed E-state index contributed by atoms with van der Waals surface area (Å²) >= 11 is 1.62. The third-order valence-corrected chi connectivity index (χ3v) is 10.0. The number of amides is 3. The van der Waals surface area contributed by atoms with Crippen LogP contribution in [0.1, 0.15) is 116 Å². The second-order valence-corrected chi connectivity index (χ2v) is 14.5. The lowest BCUT2D eigenvalue weighted by Gasteiger charge is -2.36. The lowest BCUT2D eigenvalue weighted by Crippen LogP contribution is -2.58. The molecule has 1 radical (unpaired) electrons. The quantitative estimate of drug-likeness (QED) is 0.306. The molecule has 7 nitrogen and oxygen atoms in total. The first kappa shape index (κ1) is 33.2. The number of likely N-dealkylation sites (tertiary alicyclic amines) is 1. The van der Waals surface area contributed by atoms with Crippen molar-refractivity contribution in [2.24, 2.45) is 5.41 Å². The fourth-order valence-electron chi connectivity index (χ4n) is 6.42. The zero-order chi connectivity index (χ0) is 31.0. The molecule has 2 fully saturated rings. The first-order valence-corrected chi connectivity index (χ1v) is 17.2. The molecule has 1 saturated carbocycles. The Labute approximate surface area is 263 Å². The number of nitrogens with zero attached hydrogens (tertiary/aromatic N) is 2. The van der Waals surface area contributed by atoms with E-state index in [9.17, 15) is 14.4 Å². The minimum absolute atomic E-state index is 0.146. The van der Waals surface area contributed by atoms with E-state index in [0.717, 1.165) is 53.8 Å². The van der Waals surface area contributed by atoms with Crippen LogP contribution >= 0.6 is 11.3 Å². The summed E-state index contributed by atoms with van der Waals surface area (Å²) in [5, 5.41) is 6.22. The molecular formula is C34H50BN4O3S. The van der Waals surface area contributed by atoms with Crippen LogP contribution in [0.25, 0.3) is 10.4 Å². The van der Waals surface area contributed by atoms with E-state index in [1.807, 2.05) is 59.5 Å². The molecule has 3 atom stereocenters. The van der Waals surface area contributed by atoms with Gasteiger partial charge < -0.3 is 15.5 Å². The van der Waals surface area contributed by atoms with Gasteiger partial charge in [0.25, 0.3) is 0 Å². The highest BCUT2D eigenvalue weighted by atomic mass is 32.1. The summed E-state index contributed by atoms with van der Waals surface area (Å²) in [6.45, 7) is 10.4. The number of nitrogens with one attached hydrogen (secondary N) is 2. The lowest BCUT2D eigenvalue weighted by molar-refractivity contribution is -0.142. The maximum absolute atomic E-state index is 14.0. The third-order valence-electron chi connectivity index (χ3n) is 9.05. The molecule has 0 spiro atoms. The third kappa shape index (κ3) is 9.16. The number of benzene rings is 1. The largest absolute Gasteiger partial charge is 0.353 e. The highest BCUT2D eigenvalue weighted by Crippen LogP contribution is 2.30. The normalized spacial score (nSPS) is 20.2. The molecular weight excluding hydrogens is 555 g/mol. The van der Waals surface area contributed by atoms with Gasteiger partial charge in [-0.2, -0.15) is 0 Å². The van der Waals surface area contributed by atoms with Crippen molar-refractivity contribution in [2.45, 2.75) is 129 Å². The van der Waals surface area contributed by atoms with Gasteiger partial charge in [0.2, 0.25) is 19.1 Å². The van der Waals surface area contributed by atoms with Crippen LogP contribution in [0.4, 0.5) is 4.79 Å². The average molecular weight is 606 g/mol. The van der Waals surface area contributed by atoms with Gasteiger partial charge in [0.15, 0.2) is 5.81 Å². The molecule has 1 unspecified atom stereocenters. The molecule has 1 aromatic carbocycles. The predicted octanol–water partition coefficient (Wildman–Crippen LogP) is 7.43. The molecule has 2 heterocycles. The van der Waals surface area contributed by atoms with Crippen LogP contribution in [-0.4, -0.2) is 53.4 Å². The van der Waals surface area contributed by atoms with Crippen molar-refractivity contribution in [1.82, 2.24) is 20.5 Å². The van der Waals surface area contributed by atoms with Gasteiger partial charge >= 0.3 is 0 Å². The summed E-state index contributed by atoms with van der Waals surface area (Å²) in [6, 6.07) is 6.76. The molecule has 2 aliphatic rings. The van der Waals surface area contributed by atoms with Crippen LogP contribution in [0.3, 0.4) is 0 Å². The van der Waals surface area contributed by atoms with E-state index in [0.29, 0.717) is 13.0 Å². The molecule has 1 aliphatic heterocycles. The SMILES string of the molecule is Cc1ncsc1-c1ccc([C@H](C)NC(=O)[C@@H]2CCCN2C(=O)C(NC(=O)[B]C2CCCCCCCCC2)C(C)(C)C)cc1. The second-order valence-electron chi connectivity index (χ2n) is 13.6. The summed E-state index contributed by atoms with van der Waals surface area (Å²) < 4.78 is 0. The standard InChI is InChI=1S/C34H50BN4O3S/c1-23(25-17-19-26(20-18-25)29-24(2)36-22-43-29)37-31(40)28-16-13-21-39(28)32(41)30(34(3,4)5)38-33(42)35-27-14-11-9-7-6-8-10-12-15-27/h17-20,22-23,27-28,30H,6-16,21H2,1-5H3,(H,37,40)(H,38,42)/t23-,28-,30?/m0/s1. The topological polar surface area (TPSA) is 91.4 Å². The second kappa shape index (κ2) is 15.4. The number of carbonyl (C=O) groups is 3. The van der Waals surface area contributed by atoms with Gasteiger partial charge in [-0.1, -0.05) is 109 Å². The Morgan fingerprint density at radius 3 is 2.14 bits per heavy atom. The average Bonchev–Trinajstić information content (AvgIpc) is 3.64. The predicted molar refractivity (Wildman–Crippen MR) is 176 cm³/mol. The number of aryl methyl sites for hydroxylation is 1. The number of rotatable bonds is 8. The van der Waals surface area contributed by atoms with Gasteiger partial charge in [0, 0.05) is 6.54 Å². The molecule has 2 aromatic rings. The number of thiazole rings is 1. The molecule has 1 aliphatic carbocycles. The van der Waals surface area contributed by atoms with E-state index in [-0.39, 0.29) is 29.5 Å². The molecule has 1 aromatic heterocycles. The first-order valence-electron chi connectivity index (χ1n) is 16.3. The van der Waals surface area contributed by atoms with E-state index in [1.165, 1.54) is 32.1 Å². The molecule has 233 valence electrons. The van der Waals surface area contributed by atoms with Crippen LogP contribution in [-0.2, 0) is 9.59 Å². The van der Waals surface area contributed by atoms with E-state index < -0.39 is 17.5 Å². The van der Waals surface area contributed by atoms with E-state index in [1.54, 1.807) is 16.2 Å². The Morgan fingerprint density at radius 1 is 0.930 bits per heavy atom. The van der Waals surface area contributed by atoms with E-state index in [2.05, 4.69) is 27.8 Å². The monoisotopic (exact) mass is 605 g/mol. The Kier molecular flexibility index (Phi) is 11.9. The minimum atomic E-state index is -0.704. The molecule has 3 amide bonds. The minimum Gasteiger partial charge on any atom is -0.353 e. The summed E-state index contributed by atoms with van der Waals surface area (Å²) in [6.07, 6.45) is 12.1. The van der Waals surface area contributed by atoms with Crippen LogP contribution in [0.15, 0.2) is 29.8 Å². The van der Waals surface area contributed by atoms with Gasteiger partial charge in [0.1, 0.15) is 12.1 Å². The fourth-order valence-corrected chi connectivity index (χ4v) is 7.24. The summed E-state index contributed by atoms with van der Waals surface area (Å²) in [7, 11) is 1.82. The van der Waals surface area contributed by atoms with Crippen molar-refractivity contribution >= 4 is 36.2 Å². The highest BCUT2D eigenvalue weighted by molar-refractivity contribution is 7.13. The van der Waals surface area contributed by atoms with Crippen molar-refractivity contribution in [3.8, 4) is 10.4 Å². The van der Waals surface area contributed by atoms with Crippen molar-refractivity contribution in [1.29, 1.82) is 0 Å². The van der Waals surface area contributed by atoms with Gasteiger partial charge in [-0.15, -0.1) is 11.3 Å². The number of hydrogen-bond donors (Lipinski definition) is 2. The highest BCUT2D eigenvalue weighted by Gasteiger charge is 2.42. The number of aromatic nitrogens is 1. The van der Waals surface area contributed by atoms with Gasteiger partial charge in [0.05, 0.1) is 22.1 Å². The Hall–Kier alpha value is -2.68. The zero-order valence-corrected chi connectivity index (χ0v) is 27.6. The maximum atomic E-state index is 14.0. The lowest BCUT2D eigenvalue weighted by atomic mass is 9.59. The van der Waals surface area contributed by atoms with Gasteiger partial charge in [-0.3, -0.25) is 14.4 Å². The first-order chi connectivity index (χ1) is 20.5. The van der Waals surface area contributed by atoms with Crippen LogP contribution in [0, 0.1) is 12.3 Å². The van der Waals surface area contributed by atoms with Crippen molar-refractivity contribution in [2.75, 3.05) is 6.54 Å². The summed E-state index contributed by atoms with van der Waals surface area (Å²) in [5.41, 5.74) is 4.49. The Balaban J connectivity index is 1.37. The van der Waals surface area contributed by atoms with E-state index >= 15 is 0 Å². The van der Waals surface area contributed by atoms with Crippen LogP contribution in [0.2, 0.25) is 5.82 Å². The Morgan fingerprint density at radius 2 is 1.56 bits per heavy atom. The smallest absolute Gasteiger partial charge is 0.246 e. The molecule has 4 rings (SSSR count). The number of carbonyl (C=O) groups excluding carboxylic acids is 3. The summed E-state index contributed by atoms with van der Waals surface area (Å²) in [4.78, 5) is 47.9.